The maximum Gasteiger partial charge on any atom is 0.411 e. The molecule has 1 fully saturated rings. The molecule has 0 aromatic heterocycles. The summed E-state index contributed by atoms with van der Waals surface area (Å²) in [4.78, 5) is 52.3. The van der Waals surface area contributed by atoms with E-state index in [-0.39, 0.29) is 19.4 Å². The minimum atomic E-state index is -2.18. The number of hydrogen-bond donors (Lipinski definition) is 3. The third kappa shape index (κ3) is 6.43. The molecule has 0 spiro atoms. The van der Waals surface area contributed by atoms with Crippen molar-refractivity contribution in [3.8, 4) is 0 Å². The summed E-state index contributed by atoms with van der Waals surface area (Å²) in [5.41, 5.74) is -2.49. The summed E-state index contributed by atoms with van der Waals surface area (Å²) in [5.74, 6) is -2.16. The normalized spacial score (nSPS) is 21.2. The van der Waals surface area contributed by atoms with Gasteiger partial charge in [0.05, 0.1) is 26.9 Å². The Morgan fingerprint density at radius 2 is 1.78 bits per heavy atom. The van der Waals surface area contributed by atoms with E-state index >= 15 is 0 Å². The molecule has 36 heavy (non-hydrogen) atoms. The zero-order valence-corrected chi connectivity index (χ0v) is 21.1. The Hall–Kier alpha value is -3.38. The number of benzene rings is 1. The van der Waals surface area contributed by atoms with Gasteiger partial charge >= 0.3 is 24.1 Å². The average Bonchev–Trinajstić information content (AvgIpc) is 3.25. The number of hydrogen-bond acceptors (Lipinski definition) is 10. The first kappa shape index (κ1) is 28.9. The van der Waals surface area contributed by atoms with E-state index in [0.717, 1.165) is 19.1 Å². The number of aliphatic hydroxyl groups is 2. The van der Waals surface area contributed by atoms with Gasteiger partial charge in [-0.15, -0.1) is 0 Å². The van der Waals surface area contributed by atoms with Crippen LogP contribution >= 0.6 is 0 Å². The molecular formula is C24H34N2O10. The number of carbonyl (C=O) groups is 4. The van der Waals surface area contributed by atoms with Gasteiger partial charge in [-0.05, 0) is 39.2 Å². The van der Waals surface area contributed by atoms with Crippen LogP contribution in [-0.4, -0.2) is 89.4 Å². The van der Waals surface area contributed by atoms with Crippen molar-refractivity contribution >= 4 is 24.1 Å². The molecule has 0 aliphatic carbocycles. The van der Waals surface area contributed by atoms with Crippen molar-refractivity contribution in [1.82, 2.24) is 10.2 Å². The summed E-state index contributed by atoms with van der Waals surface area (Å²) < 4.78 is 20.2. The quantitative estimate of drug-likeness (QED) is 0.341. The first-order valence-electron chi connectivity index (χ1n) is 11.4. The van der Waals surface area contributed by atoms with Gasteiger partial charge in [-0.2, -0.15) is 0 Å². The van der Waals surface area contributed by atoms with Gasteiger partial charge in [0.15, 0.2) is 11.6 Å². The first-order valence-corrected chi connectivity index (χ1v) is 11.4. The number of amides is 2. The maximum absolute atomic E-state index is 13.2. The molecule has 1 aromatic carbocycles. The topological polar surface area (TPSA) is 161 Å². The highest BCUT2D eigenvalue weighted by Crippen LogP contribution is 2.40. The first-order chi connectivity index (χ1) is 16.9. The number of aliphatic hydroxyl groups excluding tert-OH is 2. The zero-order chi connectivity index (χ0) is 27.1. The molecule has 3 N–H and O–H groups in total. The van der Waals surface area contributed by atoms with E-state index in [0.29, 0.717) is 5.56 Å². The Balaban J connectivity index is 2.41. The van der Waals surface area contributed by atoms with E-state index in [1.165, 1.54) is 0 Å². The van der Waals surface area contributed by atoms with Crippen LogP contribution in [0.25, 0.3) is 0 Å². The molecular weight excluding hydrogens is 476 g/mol. The monoisotopic (exact) mass is 510 g/mol. The van der Waals surface area contributed by atoms with E-state index in [2.05, 4.69) is 5.32 Å². The van der Waals surface area contributed by atoms with Crippen molar-refractivity contribution < 1.29 is 48.3 Å². The highest BCUT2D eigenvalue weighted by Gasteiger charge is 2.63. The summed E-state index contributed by atoms with van der Waals surface area (Å²) in [6.45, 7) is 4.13. The largest absolute Gasteiger partial charge is 0.467 e. The van der Waals surface area contributed by atoms with Gasteiger partial charge in [-0.25, -0.2) is 19.2 Å². The van der Waals surface area contributed by atoms with Gasteiger partial charge in [-0.3, -0.25) is 4.90 Å². The van der Waals surface area contributed by atoms with Gasteiger partial charge in [0.1, 0.15) is 18.3 Å². The highest BCUT2D eigenvalue weighted by atomic mass is 16.6. The molecule has 1 saturated heterocycles. The number of nitrogens with one attached hydrogen (secondary N) is 1. The lowest BCUT2D eigenvalue weighted by molar-refractivity contribution is -0.168. The molecule has 200 valence electrons. The Morgan fingerprint density at radius 3 is 2.31 bits per heavy atom. The number of methoxy groups -OCH3 is 2. The molecule has 12 nitrogen and oxygen atoms in total. The molecule has 4 atom stereocenters. The van der Waals surface area contributed by atoms with Crippen LogP contribution in [0.3, 0.4) is 0 Å². The van der Waals surface area contributed by atoms with Crippen molar-refractivity contribution in [2.24, 2.45) is 0 Å². The average molecular weight is 511 g/mol. The van der Waals surface area contributed by atoms with Crippen LogP contribution in [0.5, 0.6) is 0 Å². The van der Waals surface area contributed by atoms with E-state index in [4.69, 9.17) is 18.9 Å². The number of alkyl carbamates (subject to hydrolysis) is 1. The summed E-state index contributed by atoms with van der Waals surface area (Å²) in [6, 6.07) is 5.96. The fraction of sp³-hybridized carbons (Fsp3) is 0.583. The number of carbonyl (C=O) groups excluding carboxylic acids is 4. The molecule has 2 rings (SSSR count). The molecule has 12 heteroatoms. The predicted octanol–water partition coefficient (Wildman–Crippen LogP) is 1.12. The number of likely N-dealkylation sites (tertiary alicyclic amines) is 1. The third-order valence-electron chi connectivity index (χ3n) is 5.74. The smallest absolute Gasteiger partial charge is 0.411 e. The van der Waals surface area contributed by atoms with Crippen LogP contribution in [0.15, 0.2) is 30.3 Å². The van der Waals surface area contributed by atoms with Crippen LogP contribution < -0.4 is 5.32 Å². The van der Waals surface area contributed by atoms with Gasteiger partial charge in [-0.1, -0.05) is 30.3 Å². The van der Waals surface area contributed by atoms with Crippen molar-refractivity contribution in [1.29, 1.82) is 0 Å². The molecule has 1 aliphatic heterocycles. The zero-order valence-electron chi connectivity index (χ0n) is 21.1. The van der Waals surface area contributed by atoms with Crippen LogP contribution in [0.4, 0.5) is 9.59 Å². The Kier molecular flexibility index (Phi) is 9.65. The van der Waals surface area contributed by atoms with Crippen molar-refractivity contribution in [2.45, 2.75) is 69.5 Å². The van der Waals surface area contributed by atoms with Gasteiger partial charge < -0.3 is 34.5 Å². The highest BCUT2D eigenvalue weighted by molar-refractivity contribution is 5.90. The Bertz CT molecular complexity index is 933. The molecule has 2 amide bonds. The number of ether oxygens (including phenoxy) is 4. The minimum Gasteiger partial charge on any atom is -0.467 e. The lowest BCUT2D eigenvalue weighted by Gasteiger charge is -2.43. The van der Waals surface area contributed by atoms with E-state index in [9.17, 15) is 29.4 Å². The molecule has 0 radical (unpaired) electrons. The van der Waals surface area contributed by atoms with Gasteiger partial charge in [0.25, 0.3) is 0 Å². The van der Waals surface area contributed by atoms with E-state index in [1.807, 2.05) is 0 Å². The fourth-order valence-electron chi connectivity index (χ4n) is 4.11. The summed E-state index contributed by atoms with van der Waals surface area (Å²) in [7, 11) is 2.08. The molecule has 0 saturated carbocycles. The SMILES string of the molecule is COC(=O)[C@H](NC(=O)OCc1ccccc1)[C@H](O)[C@@]1(C(=O)OC)CC[C@H](CO)N1C(=O)OC(C)(C)C. The standard InChI is InChI=1S/C24H34N2O10/c1-23(2,3)36-22(32)26-16(13-27)11-12-24(26,20(30)34-5)18(28)17(19(29)33-4)25-21(31)35-14-15-9-7-6-8-10-15/h6-10,16-18,27-28H,11-14H2,1-5H3,(H,25,31)/t16-,17-,18+,24-/m1/s1. The fourth-order valence-corrected chi connectivity index (χ4v) is 4.11. The van der Waals surface area contributed by atoms with Crippen molar-refractivity contribution in [3.63, 3.8) is 0 Å². The van der Waals surface area contributed by atoms with Crippen LogP contribution in [0, 0.1) is 0 Å². The molecule has 1 aromatic rings. The predicted molar refractivity (Wildman–Crippen MR) is 125 cm³/mol. The van der Waals surface area contributed by atoms with E-state index in [1.54, 1.807) is 51.1 Å². The lowest BCUT2D eigenvalue weighted by atomic mass is 9.84. The van der Waals surface area contributed by atoms with Crippen LogP contribution in [-0.2, 0) is 35.1 Å². The van der Waals surface area contributed by atoms with Crippen molar-refractivity contribution in [2.75, 3.05) is 20.8 Å². The van der Waals surface area contributed by atoms with Crippen molar-refractivity contribution in [3.05, 3.63) is 35.9 Å². The summed E-state index contributed by atoms with van der Waals surface area (Å²) >= 11 is 0. The summed E-state index contributed by atoms with van der Waals surface area (Å²) in [5, 5.41) is 23.6. The Morgan fingerprint density at radius 1 is 1.14 bits per heavy atom. The van der Waals surface area contributed by atoms with E-state index < -0.39 is 60.1 Å². The van der Waals surface area contributed by atoms with Crippen LogP contribution in [0.2, 0.25) is 0 Å². The lowest BCUT2D eigenvalue weighted by Crippen LogP contribution is -2.69. The minimum absolute atomic E-state index is 0.0776. The number of esters is 2. The number of nitrogens with zero attached hydrogens (tertiary/aromatic N) is 1. The molecule has 1 aliphatic rings. The maximum atomic E-state index is 13.2. The summed E-state index contributed by atoms with van der Waals surface area (Å²) in [6.07, 6.45) is -4.26. The third-order valence-corrected chi connectivity index (χ3v) is 5.74. The molecule has 1 heterocycles. The van der Waals surface area contributed by atoms with Gasteiger partial charge in [0, 0.05) is 0 Å². The van der Waals surface area contributed by atoms with Crippen LogP contribution in [0.1, 0.15) is 39.2 Å². The van der Waals surface area contributed by atoms with Gasteiger partial charge in [0.2, 0.25) is 0 Å². The Labute approximate surface area is 209 Å². The second kappa shape index (κ2) is 12.0. The molecule has 0 bridgehead atoms. The molecule has 0 unspecified atom stereocenters. The number of rotatable bonds is 8. The second-order valence-corrected chi connectivity index (χ2v) is 9.29. The second-order valence-electron chi connectivity index (χ2n) is 9.29.